The molecule has 0 aromatic carbocycles. The molecule has 0 heterocycles. The molecule has 0 aliphatic rings. The van der Waals surface area contributed by atoms with Crippen LogP contribution < -0.4 is 0 Å². The first-order valence-electron chi connectivity index (χ1n) is 13.3. The number of unbranched alkanes of at least 4 members (excludes halogenated alkanes) is 17. The van der Waals surface area contributed by atoms with Crippen LogP contribution in [0, 0.1) is 5.92 Å². The van der Waals surface area contributed by atoms with Crippen LogP contribution in [0.3, 0.4) is 0 Å². The monoisotopic (exact) mass is 380 g/mol. The van der Waals surface area contributed by atoms with E-state index in [2.05, 4.69) is 20.8 Å². The minimum absolute atomic E-state index is 1.04. The Bertz CT molecular complexity index is 244. The molecule has 0 heteroatoms. The zero-order valence-corrected chi connectivity index (χ0v) is 19.8. The van der Waals surface area contributed by atoms with E-state index >= 15 is 0 Å². The van der Waals surface area contributed by atoms with E-state index < -0.39 is 0 Å². The minimum Gasteiger partial charge on any atom is -0.0654 e. The van der Waals surface area contributed by atoms with Crippen LogP contribution >= 0.6 is 0 Å². The molecule has 0 aromatic heterocycles. The highest BCUT2D eigenvalue weighted by Gasteiger charge is 2.08. The van der Waals surface area contributed by atoms with Crippen molar-refractivity contribution in [2.24, 2.45) is 5.92 Å². The number of hydrogen-bond acceptors (Lipinski definition) is 0. The Morgan fingerprint density at radius 2 is 0.556 bits per heavy atom. The molecular formula is C27H56. The van der Waals surface area contributed by atoms with Crippen LogP contribution in [0.1, 0.15) is 168 Å². The van der Waals surface area contributed by atoms with Crippen molar-refractivity contribution in [3.8, 4) is 0 Å². The van der Waals surface area contributed by atoms with Crippen molar-refractivity contribution in [2.45, 2.75) is 168 Å². The van der Waals surface area contributed by atoms with Gasteiger partial charge in [0.05, 0.1) is 0 Å². The highest BCUT2D eigenvalue weighted by atomic mass is 14.1. The van der Waals surface area contributed by atoms with Crippen molar-refractivity contribution in [1.82, 2.24) is 0 Å². The van der Waals surface area contributed by atoms with Gasteiger partial charge >= 0.3 is 0 Å². The summed E-state index contributed by atoms with van der Waals surface area (Å²) in [6.07, 6.45) is 33.8. The van der Waals surface area contributed by atoms with E-state index in [1.54, 1.807) is 0 Å². The fourth-order valence-corrected chi connectivity index (χ4v) is 4.41. The summed E-state index contributed by atoms with van der Waals surface area (Å²) in [5.74, 6) is 1.04. The van der Waals surface area contributed by atoms with Crippen LogP contribution in [-0.4, -0.2) is 0 Å². The molecule has 0 radical (unpaired) electrons. The predicted molar refractivity (Wildman–Crippen MR) is 127 cm³/mol. The predicted octanol–water partition coefficient (Wildman–Crippen LogP) is 10.6. The molecule has 1 unspecified atom stereocenters. The van der Waals surface area contributed by atoms with E-state index in [0.29, 0.717) is 0 Å². The van der Waals surface area contributed by atoms with Crippen molar-refractivity contribution >= 4 is 0 Å². The Morgan fingerprint density at radius 1 is 0.296 bits per heavy atom. The molecule has 0 saturated heterocycles. The molecule has 164 valence electrons. The first-order valence-corrected chi connectivity index (χ1v) is 13.3. The lowest BCUT2D eigenvalue weighted by molar-refractivity contribution is 0.370. The second-order valence-electron chi connectivity index (χ2n) is 9.24. The molecule has 0 aliphatic carbocycles. The van der Waals surface area contributed by atoms with Gasteiger partial charge < -0.3 is 0 Å². The third-order valence-corrected chi connectivity index (χ3v) is 6.40. The minimum atomic E-state index is 1.04. The van der Waals surface area contributed by atoms with Gasteiger partial charge in [-0.3, -0.25) is 0 Å². The van der Waals surface area contributed by atoms with Crippen molar-refractivity contribution in [1.29, 1.82) is 0 Å². The smallest absolute Gasteiger partial charge is 0.0414 e. The summed E-state index contributed by atoms with van der Waals surface area (Å²) < 4.78 is 0. The summed E-state index contributed by atoms with van der Waals surface area (Å²) in [5.41, 5.74) is 0. The summed E-state index contributed by atoms with van der Waals surface area (Å²) in [4.78, 5) is 0. The van der Waals surface area contributed by atoms with Gasteiger partial charge in [0.2, 0.25) is 0 Å². The molecule has 0 fully saturated rings. The summed E-state index contributed by atoms with van der Waals surface area (Å²) >= 11 is 0. The molecule has 0 aliphatic heterocycles. The molecule has 0 amide bonds. The van der Waals surface area contributed by atoms with Gasteiger partial charge in [-0.2, -0.15) is 0 Å². The van der Waals surface area contributed by atoms with Gasteiger partial charge in [0, 0.05) is 0 Å². The quantitative estimate of drug-likeness (QED) is 0.155. The topological polar surface area (TPSA) is 0 Å². The van der Waals surface area contributed by atoms with Crippen molar-refractivity contribution in [3.05, 3.63) is 0 Å². The Hall–Kier alpha value is 0. The van der Waals surface area contributed by atoms with E-state index in [1.807, 2.05) is 0 Å². The molecule has 0 aromatic rings. The third kappa shape index (κ3) is 22.2. The third-order valence-electron chi connectivity index (χ3n) is 6.40. The van der Waals surface area contributed by atoms with Crippen LogP contribution in [-0.2, 0) is 0 Å². The van der Waals surface area contributed by atoms with Gasteiger partial charge in [0.1, 0.15) is 0 Å². The van der Waals surface area contributed by atoms with Crippen LogP contribution in [0.15, 0.2) is 0 Å². The summed E-state index contributed by atoms with van der Waals surface area (Å²) in [6, 6.07) is 0. The fourth-order valence-electron chi connectivity index (χ4n) is 4.41. The molecule has 0 spiro atoms. The molecule has 0 nitrogen and oxygen atoms in total. The zero-order chi connectivity index (χ0) is 19.8. The van der Waals surface area contributed by atoms with E-state index in [4.69, 9.17) is 0 Å². The first-order chi connectivity index (χ1) is 13.3. The summed E-state index contributed by atoms with van der Waals surface area (Å²) in [5, 5.41) is 0. The average molecular weight is 381 g/mol. The van der Waals surface area contributed by atoms with Gasteiger partial charge in [0.15, 0.2) is 0 Å². The first kappa shape index (κ1) is 27.0. The van der Waals surface area contributed by atoms with Crippen molar-refractivity contribution in [2.75, 3.05) is 0 Å². The number of hydrogen-bond donors (Lipinski definition) is 0. The number of rotatable bonds is 23. The van der Waals surface area contributed by atoms with Gasteiger partial charge in [0.25, 0.3) is 0 Å². The summed E-state index contributed by atoms with van der Waals surface area (Å²) in [6.45, 7) is 6.97. The molecule has 0 bridgehead atoms. The Kier molecular flexibility index (Phi) is 24.0. The molecule has 0 N–H and O–H groups in total. The normalized spacial score (nSPS) is 12.6. The lowest BCUT2D eigenvalue weighted by Crippen LogP contribution is -2.01. The molecule has 27 heavy (non-hydrogen) atoms. The lowest BCUT2D eigenvalue weighted by Gasteiger charge is -2.16. The molecule has 1 atom stereocenters. The van der Waals surface area contributed by atoms with Crippen LogP contribution in [0.25, 0.3) is 0 Å². The zero-order valence-electron chi connectivity index (χ0n) is 19.8. The van der Waals surface area contributed by atoms with Crippen LogP contribution in [0.2, 0.25) is 0 Å². The average Bonchev–Trinajstić information content (AvgIpc) is 2.68. The van der Waals surface area contributed by atoms with E-state index in [0.717, 1.165) is 5.92 Å². The fraction of sp³-hybridized carbons (Fsp3) is 1.00. The molecule has 0 saturated carbocycles. The van der Waals surface area contributed by atoms with Gasteiger partial charge in [-0.1, -0.05) is 168 Å². The lowest BCUT2D eigenvalue weighted by atomic mass is 9.90. The largest absolute Gasteiger partial charge is 0.0654 e. The Labute approximate surface area is 174 Å². The van der Waals surface area contributed by atoms with Crippen LogP contribution in [0.4, 0.5) is 0 Å². The second kappa shape index (κ2) is 24.0. The van der Waals surface area contributed by atoms with E-state index in [1.165, 1.54) is 148 Å². The molecular weight excluding hydrogens is 324 g/mol. The van der Waals surface area contributed by atoms with Crippen molar-refractivity contribution in [3.63, 3.8) is 0 Å². The second-order valence-corrected chi connectivity index (χ2v) is 9.24. The van der Waals surface area contributed by atoms with Gasteiger partial charge in [-0.25, -0.2) is 0 Å². The van der Waals surface area contributed by atoms with Gasteiger partial charge in [-0.15, -0.1) is 0 Å². The Morgan fingerprint density at radius 3 is 0.889 bits per heavy atom. The highest BCUT2D eigenvalue weighted by molar-refractivity contribution is 4.61. The van der Waals surface area contributed by atoms with Crippen LogP contribution in [0.5, 0.6) is 0 Å². The van der Waals surface area contributed by atoms with Crippen molar-refractivity contribution < 1.29 is 0 Å². The maximum atomic E-state index is 2.36. The highest BCUT2D eigenvalue weighted by Crippen LogP contribution is 2.24. The maximum Gasteiger partial charge on any atom is -0.0414 e. The standard InChI is InChI=1S/C27H56/c1-4-7-10-12-14-16-17-19-21-23-26-27(24-9-6-3)25-22-20-18-15-13-11-8-5-2/h27H,4-26H2,1-3H3. The van der Waals surface area contributed by atoms with Gasteiger partial charge in [-0.05, 0) is 5.92 Å². The van der Waals surface area contributed by atoms with E-state index in [-0.39, 0.29) is 0 Å². The van der Waals surface area contributed by atoms with E-state index in [9.17, 15) is 0 Å². The SMILES string of the molecule is CCCCCCCCCCCCC(CCCC)CCCCCCCCCC. The maximum absolute atomic E-state index is 2.36. The summed E-state index contributed by atoms with van der Waals surface area (Å²) in [7, 11) is 0. The molecule has 0 rings (SSSR count). The Balaban J connectivity index is 3.52.